The van der Waals surface area contributed by atoms with Gasteiger partial charge >= 0.3 is 0 Å². The molecule has 0 unspecified atom stereocenters. The number of nitrogens with zero attached hydrogens (tertiary/aromatic N) is 2. The molecule has 2 heterocycles. The molecule has 1 fully saturated rings. The van der Waals surface area contributed by atoms with Gasteiger partial charge in [0.1, 0.15) is 0 Å². The van der Waals surface area contributed by atoms with E-state index in [4.69, 9.17) is 5.73 Å². The Morgan fingerprint density at radius 2 is 2.39 bits per heavy atom. The van der Waals surface area contributed by atoms with E-state index in [2.05, 4.69) is 15.2 Å². The van der Waals surface area contributed by atoms with E-state index < -0.39 is 0 Å². The number of anilines is 1. The second-order valence-electron chi connectivity index (χ2n) is 4.11. The van der Waals surface area contributed by atoms with Crippen molar-refractivity contribution in [1.29, 1.82) is 0 Å². The summed E-state index contributed by atoms with van der Waals surface area (Å²) in [6.45, 7) is 4.28. The third kappa shape index (κ3) is 5.07. The Balaban J connectivity index is 0.00000144. The fourth-order valence-corrected chi connectivity index (χ4v) is 2.57. The van der Waals surface area contributed by atoms with Gasteiger partial charge in [-0.2, -0.15) is 0 Å². The van der Waals surface area contributed by atoms with Crippen LogP contribution in [0.15, 0.2) is 5.38 Å². The third-order valence-electron chi connectivity index (χ3n) is 2.53. The SMILES string of the molecule is CC(=O)Nc1nc(CN2CC[C@H](N)C2)cs1.Cl.Cl. The zero-order chi connectivity index (χ0) is 11.5. The number of thiazole rings is 1. The summed E-state index contributed by atoms with van der Waals surface area (Å²) >= 11 is 1.46. The first kappa shape index (κ1) is 17.6. The molecule has 5 nitrogen and oxygen atoms in total. The maximum absolute atomic E-state index is 10.8. The summed E-state index contributed by atoms with van der Waals surface area (Å²) in [5.74, 6) is -0.0795. The van der Waals surface area contributed by atoms with Gasteiger partial charge in [-0.15, -0.1) is 36.2 Å². The molecule has 0 radical (unpaired) electrons. The first-order chi connectivity index (χ1) is 7.63. The number of hydrogen-bond donors (Lipinski definition) is 2. The molecule has 8 heteroatoms. The number of nitrogens with two attached hydrogens (primary N) is 1. The molecule has 1 aliphatic rings. The van der Waals surface area contributed by atoms with Gasteiger partial charge in [0.25, 0.3) is 0 Å². The summed E-state index contributed by atoms with van der Waals surface area (Å²) in [4.78, 5) is 17.5. The quantitative estimate of drug-likeness (QED) is 0.887. The minimum absolute atomic E-state index is 0. The fraction of sp³-hybridized carbons (Fsp3) is 0.600. The Morgan fingerprint density at radius 3 is 2.94 bits per heavy atom. The molecule has 0 aromatic carbocycles. The number of hydrogen-bond acceptors (Lipinski definition) is 5. The smallest absolute Gasteiger partial charge is 0.223 e. The predicted octanol–water partition coefficient (Wildman–Crippen LogP) is 1.48. The Labute approximate surface area is 123 Å². The zero-order valence-electron chi connectivity index (χ0n) is 10.1. The predicted molar refractivity (Wildman–Crippen MR) is 78.8 cm³/mol. The van der Waals surface area contributed by atoms with E-state index in [-0.39, 0.29) is 30.7 Å². The van der Waals surface area contributed by atoms with Crippen molar-refractivity contribution < 1.29 is 4.79 Å². The van der Waals surface area contributed by atoms with Crippen LogP contribution in [0.3, 0.4) is 0 Å². The van der Waals surface area contributed by atoms with Crippen LogP contribution in [0.25, 0.3) is 0 Å². The summed E-state index contributed by atoms with van der Waals surface area (Å²) in [7, 11) is 0. The highest BCUT2D eigenvalue weighted by Crippen LogP contribution is 2.18. The number of carbonyl (C=O) groups is 1. The van der Waals surface area contributed by atoms with Gasteiger partial charge in [0.2, 0.25) is 5.91 Å². The first-order valence-corrected chi connectivity index (χ1v) is 6.21. The van der Waals surface area contributed by atoms with Crippen molar-refractivity contribution in [3.63, 3.8) is 0 Å². The van der Waals surface area contributed by atoms with Crippen molar-refractivity contribution >= 4 is 47.2 Å². The molecule has 0 bridgehead atoms. The first-order valence-electron chi connectivity index (χ1n) is 5.33. The molecule has 104 valence electrons. The van der Waals surface area contributed by atoms with Crippen LogP contribution >= 0.6 is 36.2 Å². The standard InChI is InChI=1S/C10H16N4OS.2ClH/c1-7(15)12-10-13-9(6-16-10)5-14-3-2-8(11)4-14;;/h6,8H,2-5,11H2,1H3,(H,12,13,15);2*1H/t8-;;/m0../s1. The summed E-state index contributed by atoms with van der Waals surface area (Å²) < 4.78 is 0. The Kier molecular flexibility index (Phi) is 7.73. The minimum Gasteiger partial charge on any atom is -0.326 e. The Hall–Kier alpha value is -0.400. The van der Waals surface area contributed by atoms with E-state index >= 15 is 0 Å². The number of halogens is 2. The van der Waals surface area contributed by atoms with Crippen LogP contribution in [-0.4, -0.2) is 34.9 Å². The lowest BCUT2D eigenvalue weighted by Gasteiger charge is -2.12. The van der Waals surface area contributed by atoms with Crippen molar-refractivity contribution in [3.05, 3.63) is 11.1 Å². The zero-order valence-corrected chi connectivity index (χ0v) is 12.5. The number of nitrogens with one attached hydrogen (secondary N) is 1. The molecule has 0 aliphatic carbocycles. The highest BCUT2D eigenvalue weighted by atomic mass is 35.5. The van der Waals surface area contributed by atoms with Crippen molar-refractivity contribution in [2.45, 2.75) is 25.9 Å². The fourth-order valence-electron chi connectivity index (χ4n) is 1.82. The van der Waals surface area contributed by atoms with Crippen molar-refractivity contribution in [1.82, 2.24) is 9.88 Å². The van der Waals surface area contributed by atoms with Crippen LogP contribution in [-0.2, 0) is 11.3 Å². The van der Waals surface area contributed by atoms with E-state index in [1.807, 2.05) is 5.38 Å². The van der Waals surface area contributed by atoms with Crippen LogP contribution in [0.2, 0.25) is 0 Å². The number of rotatable bonds is 3. The molecule has 1 aromatic rings. The molecule has 1 amide bonds. The van der Waals surface area contributed by atoms with Crippen LogP contribution in [0, 0.1) is 0 Å². The van der Waals surface area contributed by atoms with Crippen molar-refractivity contribution in [3.8, 4) is 0 Å². The monoisotopic (exact) mass is 312 g/mol. The number of aromatic nitrogens is 1. The maximum atomic E-state index is 10.8. The van der Waals surface area contributed by atoms with Gasteiger partial charge in [0.05, 0.1) is 5.69 Å². The molecular formula is C10H18Cl2N4OS. The number of amides is 1. The summed E-state index contributed by atoms with van der Waals surface area (Å²) in [6, 6.07) is 0.299. The number of likely N-dealkylation sites (tertiary alicyclic amines) is 1. The van der Waals surface area contributed by atoms with Crippen LogP contribution in [0.1, 0.15) is 19.0 Å². The van der Waals surface area contributed by atoms with Gasteiger partial charge in [-0.05, 0) is 6.42 Å². The van der Waals surface area contributed by atoms with E-state index in [1.54, 1.807) is 0 Å². The summed E-state index contributed by atoms with van der Waals surface area (Å²) in [5.41, 5.74) is 6.84. The van der Waals surface area contributed by atoms with E-state index in [0.717, 1.165) is 31.7 Å². The minimum atomic E-state index is -0.0795. The lowest BCUT2D eigenvalue weighted by atomic mass is 10.3. The highest BCUT2D eigenvalue weighted by molar-refractivity contribution is 7.13. The average Bonchev–Trinajstić information content (AvgIpc) is 2.76. The third-order valence-corrected chi connectivity index (χ3v) is 3.34. The largest absolute Gasteiger partial charge is 0.326 e. The molecule has 3 N–H and O–H groups in total. The van der Waals surface area contributed by atoms with E-state index in [0.29, 0.717) is 11.2 Å². The molecule has 1 aliphatic heterocycles. The highest BCUT2D eigenvalue weighted by Gasteiger charge is 2.19. The van der Waals surface area contributed by atoms with Gasteiger partial charge in [0.15, 0.2) is 5.13 Å². The molecule has 1 atom stereocenters. The van der Waals surface area contributed by atoms with Gasteiger partial charge in [-0.25, -0.2) is 4.98 Å². The molecule has 0 saturated carbocycles. The number of carbonyl (C=O) groups excluding carboxylic acids is 1. The molecule has 1 aromatic heterocycles. The van der Waals surface area contributed by atoms with E-state index in [1.165, 1.54) is 18.3 Å². The lowest BCUT2D eigenvalue weighted by Crippen LogP contribution is -2.26. The second-order valence-corrected chi connectivity index (χ2v) is 4.97. The van der Waals surface area contributed by atoms with Gasteiger partial charge in [-0.3, -0.25) is 9.69 Å². The molecule has 0 spiro atoms. The summed E-state index contributed by atoms with van der Waals surface area (Å²) in [6.07, 6.45) is 1.06. The normalized spacial score (nSPS) is 18.9. The van der Waals surface area contributed by atoms with Crippen LogP contribution in [0.4, 0.5) is 5.13 Å². The lowest BCUT2D eigenvalue weighted by molar-refractivity contribution is -0.114. The average molecular weight is 313 g/mol. The Morgan fingerprint density at radius 1 is 1.67 bits per heavy atom. The van der Waals surface area contributed by atoms with Gasteiger partial charge in [-0.1, -0.05) is 0 Å². The van der Waals surface area contributed by atoms with Crippen molar-refractivity contribution in [2.75, 3.05) is 18.4 Å². The van der Waals surface area contributed by atoms with Gasteiger partial charge < -0.3 is 11.1 Å². The molecular weight excluding hydrogens is 295 g/mol. The van der Waals surface area contributed by atoms with Crippen LogP contribution < -0.4 is 11.1 Å². The van der Waals surface area contributed by atoms with Crippen LogP contribution in [0.5, 0.6) is 0 Å². The maximum Gasteiger partial charge on any atom is 0.223 e. The molecule has 2 rings (SSSR count). The van der Waals surface area contributed by atoms with Gasteiger partial charge in [0, 0.05) is 38.0 Å². The molecule has 1 saturated heterocycles. The van der Waals surface area contributed by atoms with E-state index in [9.17, 15) is 4.79 Å². The topological polar surface area (TPSA) is 71.2 Å². The Bertz CT molecular complexity index is 388. The molecule has 18 heavy (non-hydrogen) atoms. The van der Waals surface area contributed by atoms with Crippen molar-refractivity contribution in [2.24, 2.45) is 5.73 Å². The second kappa shape index (κ2) is 7.91. The summed E-state index contributed by atoms with van der Waals surface area (Å²) in [5, 5.41) is 5.34.